The molecule has 86 heavy (non-hydrogen) atoms. The molecular weight excluding hydrogens is 1140 g/mol. The van der Waals surface area contributed by atoms with Gasteiger partial charge in [0, 0.05) is 130 Å². The molecule has 6 N–H and O–H groups in total. The second kappa shape index (κ2) is 24.1. The van der Waals surface area contributed by atoms with Crippen LogP contribution >= 0.6 is 23.2 Å². The SMILES string of the molecule is Fc1ccc(CNc2ncc3c(n2)-c2cccnc2Nc2cnccc2-3)c(Cl)c1.Fc1ccc(CNc2ncc3c(n2)-c2cccnc2Nc2cnccc2-3)cc1.Fc1ccc(CNc2ncc3c(n2)-c2cccnc2Nc2cnccc2-3)cc1Cl. The van der Waals surface area contributed by atoms with Crippen molar-refractivity contribution in [1.29, 1.82) is 0 Å². The van der Waals surface area contributed by atoms with Gasteiger partial charge in [-0.05, 0) is 108 Å². The Morgan fingerprint density at radius 1 is 0.360 bits per heavy atom. The van der Waals surface area contributed by atoms with Crippen LogP contribution in [0.15, 0.2) is 190 Å². The average molecular weight is 1180 g/mol. The van der Waals surface area contributed by atoms with Gasteiger partial charge in [0.25, 0.3) is 0 Å². The van der Waals surface area contributed by atoms with Crippen LogP contribution in [0, 0.1) is 17.5 Å². The number of pyridine rings is 6. The van der Waals surface area contributed by atoms with Crippen molar-refractivity contribution in [3.05, 3.63) is 234 Å². The summed E-state index contributed by atoms with van der Waals surface area (Å²) in [5, 5.41) is 20.0. The zero-order chi connectivity index (χ0) is 58.5. The van der Waals surface area contributed by atoms with Gasteiger partial charge in [-0.1, -0.05) is 47.5 Å². The Bertz CT molecular complexity index is 4520. The summed E-state index contributed by atoms with van der Waals surface area (Å²) in [6.45, 7) is 1.28. The van der Waals surface area contributed by atoms with E-state index < -0.39 is 5.82 Å². The Morgan fingerprint density at radius 2 is 0.779 bits per heavy atom. The second-order valence-electron chi connectivity index (χ2n) is 19.4. The maximum Gasteiger partial charge on any atom is 0.223 e. The Hall–Kier alpha value is -11.0. The fourth-order valence-electron chi connectivity index (χ4n) is 9.72. The number of rotatable bonds is 9. The standard InChI is InChI=1S/2C21H14ClFN6.C21H15FN6/c22-17-8-13(23)4-3-12(17)9-26-21-27-10-16-14-5-7-24-11-18(14)28-20-15(19(16)29-21)2-1-6-25-20;22-16-8-12(3-4-17(16)23)9-26-21-27-10-15-13-5-7-24-11-18(13)28-20-14(19(15)29-21)2-1-6-25-20;22-14-5-3-13(4-6-14)10-25-21-26-11-17-15-7-9-23-12-18(15)27-20-16(19(17)28-21)2-1-8-24-20/h2*1-8,10-11H,9H2,(H,25,28)(H,26,27,29);1-9,11-12H,10H2,(H,24,27)(H,25,26,28). The maximum absolute atomic E-state index is 13.4. The third-order valence-electron chi connectivity index (χ3n) is 13.9. The summed E-state index contributed by atoms with van der Waals surface area (Å²) >= 11 is 12.0. The molecule has 3 aliphatic heterocycles. The number of hydrogen-bond acceptors (Lipinski definition) is 18. The molecule has 18 nitrogen and oxygen atoms in total. The van der Waals surface area contributed by atoms with Crippen molar-refractivity contribution < 1.29 is 13.2 Å². The van der Waals surface area contributed by atoms with E-state index in [0.29, 0.717) is 54.1 Å². The Kier molecular flexibility index (Phi) is 15.2. The Labute approximate surface area is 498 Å². The smallest absolute Gasteiger partial charge is 0.223 e. The van der Waals surface area contributed by atoms with Gasteiger partial charge in [-0.15, -0.1) is 0 Å². The predicted molar refractivity (Wildman–Crippen MR) is 327 cm³/mol. The molecular formula is C63H43Cl2F3N18. The van der Waals surface area contributed by atoms with Gasteiger partial charge < -0.3 is 31.9 Å². The first kappa shape index (κ1) is 54.2. The first-order valence-corrected chi connectivity index (χ1v) is 27.4. The Balaban J connectivity index is 0.000000120. The molecule has 23 heteroatoms. The molecule has 0 bridgehead atoms. The van der Waals surface area contributed by atoms with E-state index in [1.54, 1.807) is 105 Å². The molecule has 0 saturated heterocycles. The number of hydrogen-bond donors (Lipinski definition) is 6. The minimum absolute atomic E-state index is 0.0865. The van der Waals surface area contributed by atoms with E-state index in [1.807, 2.05) is 54.6 Å². The minimum atomic E-state index is -0.443. The molecule has 0 radical (unpaired) electrons. The van der Waals surface area contributed by atoms with Gasteiger partial charge in [0.1, 0.15) is 34.9 Å². The number of fused-ring (bicyclic) bond motifs is 15. The largest absolute Gasteiger partial charge is 0.350 e. The lowest BCUT2D eigenvalue weighted by atomic mass is 10.0. The summed E-state index contributed by atoms with van der Waals surface area (Å²) in [4.78, 5) is 53.6. The molecule has 0 unspecified atom stereocenters. The number of benzene rings is 3. The average Bonchev–Trinajstić information content (AvgIpc) is 1.95. The fraction of sp³-hybridized carbons (Fsp3) is 0.0476. The van der Waals surface area contributed by atoms with Crippen LogP contribution in [0.25, 0.3) is 67.2 Å². The molecule has 0 amide bonds. The van der Waals surface area contributed by atoms with Gasteiger partial charge in [0.15, 0.2) is 0 Å². The summed E-state index contributed by atoms with van der Waals surface area (Å²) in [6, 6.07) is 32.5. The van der Waals surface area contributed by atoms with E-state index >= 15 is 0 Å². The third kappa shape index (κ3) is 11.5. The third-order valence-corrected chi connectivity index (χ3v) is 14.5. The zero-order valence-corrected chi connectivity index (χ0v) is 46.3. The maximum atomic E-state index is 13.4. The highest BCUT2D eigenvalue weighted by Gasteiger charge is 2.25. The van der Waals surface area contributed by atoms with Crippen LogP contribution in [0.4, 0.5) is 65.5 Å². The first-order chi connectivity index (χ1) is 42.1. The van der Waals surface area contributed by atoms with Gasteiger partial charge in [-0.2, -0.15) is 0 Å². The molecule has 420 valence electrons. The van der Waals surface area contributed by atoms with E-state index in [-0.39, 0.29) is 16.7 Å². The summed E-state index contributed by atoms with van der Waals surface area (Å²) in [7, 11) is 0. The summed E-state index contributed by atoms with van der Waals surface area (Å²) in [5.74, 6) is 2.45. The second-order valence-corrected chi connectivity index (χ2v) is 20.2. The van der Waals surface area contributed by atoms with E-state index in [4.69, 9.17) is 38.2 Å². The molecule has 0 spiro atoms. The van der Waals surface area contributed by atoms with Crippen LogP contribution < -0.4 is 31.9 Å². The minimum Gasteiger partial charge on any atom is -0.350 e. The monoisotopic (exact) mass is 1180 g/mol. The van der Waals surface area contributed by atoms with Gasteiger partial charge in [-0.3, -0.25) is 15.0 Å². The normalized spacial score (nSPS) is 11.5. The van der Waals surface area contributed by atoms with Crippen molar-refractivity contribution in [2.24, 2.45) is 0 Å². The van der Waals surface area contributed by atoms with Crippen LogP contribution in [-0.2, 0) is 19.6 Å². The van der Waals surface area contributed by atoms with Crippen LogP contribution in [0.5, 0.6) is 0 Å². The Morgan fingerprint density at radius 3 is 1.22 bits per heavy atom. The van der Waals surface area contributed by atoms with Gasteiger partial charge in [-0.25, -0.2) is 58.0 Å². The van der Waals surface area contributed by atoms with E-state index in [9.17, 15) is 13.2 Å². The van der Waals surface area contributed by atoms with Crippen molar-refractivity contribution in [1.82, 2.24) is 59.8 Å². The first-order valence-electron chi connectivity index (χ1n) is 26.6. The van der Waals surface area contributed by atoms with Crippen LogP contribution in [0.1, 0.15) is 16.7 Å². The fourth-order valence-corrected chi connectivity index (χ4v) is 10.2. The molecule has 12 aromatic rings. The molecule has 0 saturated carbocycles. The number of nitrogens with one attached hydrogen (secondary N) is 6. The summed E-state index contributed by atoms with van der Waals surface area (Å²) < 4.78 is 39.7. The lowest BCUT2D eigenvalue weighted by Gasteiger charge is -2.11. The molecule has 3 aromatic carbocycles. The van der Waals surface area contributed by atoms with Gasteiger partial charge >= 0.3 is 0 Å². The molecule has 12 heterocycles. The molecule has 0 fully saturated rings. The molecule has 0 aliphatic carbocycles. The lowest BCUT2D eigenvalue weighted by Crippen LogP contribution is -2.05. The van der Waals surface area contributed by atoms with Crippen molar-refractivity contribution >= 4 is 75.6 Å². The highest BCUT2D eigenvalue weighted by atomic mass is 35.5. The lowest BCUT2D eigenvalue weighted by molar-refractivity contribution is 0.626. The highest BCUT2D eigenvalue weighted by Crippen LogP contribution is 2.45. The summed E-state index contributed by atoms with van der Waals surface area (Å²) in [6.07, 6.45) is 21.0. The van der Waals surface area contributed by atoms with E-state index in [2.05, 4.69) is 76.8 Å². The predicted octanol–water partition coefficient (Wildman–Crippen LogP) is 14.5. The van der Waals surface area contributed by atoms with Crippen LogP contribution in [0.3, 0.4) is 0 Å². The van der Waals surface area contributed by atoms with Crippen molar-refractivity contribution in [3.63, 3.8) is 0 Å². The van der Waals surface area contributed by atoms with Crippen molar-refractivity contribution in [3.8, 4) is 67.2 Å². The quantitative estimate of drug-likeness (QED) is 0.0790. The van der Waals surface area contributed by atoms with Crippen molar-refractivity contribution in [2.75, 3.05) is 31.9 Å². The molecule has 15 rings (SSSR count). The topological polar surface area (TPSA) is 227 Å². The number of aromatic nitrogens is 12. The van der Waals surface area contributed by atoms with Gasteiger partial charge in [0.05, 0.1) is 57.8 Å². The summed E-state index contributed by atoms with van der Waals surface area (Å²) in [5.41, 5.74) is 15.5. The van der Waals surface area contributed by atoms with Gasteiger partial charge in [0.2, 0.25) is 17.8 Å². The molecule has 0 atom stereocenters. The zero-order valence-electron chi connectivity index (χ0n) is 44.8. The number of halogens is 5. The van der Waals surface area contributed by atoms with Crippen LogP contribution in [-0.4, -0.2) is 59.8 Å². The molecule has 3 aliphatic rings. The van der Waals surface area contributed by atoms with E-state index in [1.165, 1.54) is 30.3 Å². The number of nitrogens with zero attached hydrogens (tertiary/aromatic N) is 12. The van der Waals surface area contributed by atoms with Crippen LogP contribution in [0.2, 0.25) is 10.0 Å². The van der Waals surface area contributed by atoms with Crippen molar-refractivity contribution in [2.45, 2.75) is 19.6 Å². The number of anilines is 9. The molecule has 9 aromatic heterocycles. The highest BCUT2D eigenvalue weighted by molar-refractivity contribution is 6.31. The van der Waals surface area contributed by atoms with E-state index in [0.717, 1.165) is 107 Å².